The lowest BCUT2D eigenvalue weighted by Gasteiger charge is -2.47. The molecule has 7 rings (SSSR count). The number of nitrogens with zero attached hydrogens (tertiary/aromatic N) is 5. The second kappa shape index (κ2) is 14.7. The Kier molecular flexibility index (Phi) is 10.2. The van der Waals surface area contributed by atoms with Crippen LogP contribution >= 0.6 is 11.6 Å². The maximum atomic E-state index is 15.7. The SMILES string of the molecule is Cc1c(C2CC(=O)C(=O)NC2=O)ccc(N2CCC3(CCN(C(=O)c4ccc([C@H]5C[C@@H](Nc6cnn(C)c(=O)c6Cl)CN(C)C5)cc4)CC3)CC2)c1F. The van der Waals surface area contributed by atoms with E-state index in [0.29, 0.717) is 54.2 Å². The molecule has 2 aromatic carbocycles. The molecule has 53 heavy (non-hydrogen) atoms. The van der Waals surface area contributed by atoms with Gasteiger partial charge in [-0.05, 0) is 92.3 Å². The van der Waals surface area contributed by atoms with Crippen molar-refractivity contribution in [3.05, 3.63) is 86.0 Å². The van der Waals surface area contributed by atoms with E-state index in [9.17, 15) is 24.0 Å². The molecule has 4 saturated heterocycles. The van der Waals surface area contributed by atoms with Gasteiger partial charge in [-0.3, -0.25) is 29.3 Å². The highest BCUT2D eigenvalue weighted by Gasteiger charge is 2.40. The minimum Gasteiger partial charge on any atom is -0.378 e. The molecule has 4 aliphatic rings. The van der Waals surface area contributed by atoms with Gasteiger partial charge in [-0.1, -0.05) is 29.8 Å². The number of piperidine rings is 4. The number of Topliss-reactive ketones (excluding diaryl/α,β-unsaturated/α-hetero) is 1. The molecular formula is C39H45ClFN7O5. The van der Waals surface area contributed by atoms with Crippen LogP contribution in [0.4, 0.5) is 15.8 Å². The van der Waals surface area contributed by atoms with Gasteiger partial charge in [0.1, 0.15) is 10.8 Å². The Bertz CT molecular complexity index is 2000. The van der Waals surface area contributed by atoms with Crippen LogP contribution in [0.5, 0.6) is 0 Å². The van der Waals surface area contributed by atoms with Crippen molar-refractivity contribution < 1.29 is 23.6 Å². The number of rotatable bonds is 6. The van der Waals surface area contributed by atoms with Crippen LogP contribution in [0.15, 0.2) is 47.4 Å². The Morgan fingerprint density at radius 3 is 2.34 bits per heavy atom. The fourth-order valence-electron chi connectivity index (χ4n) is 8.68. The smallest absolute Gasteiger partial charge is 0.293 e. The van der Waals surface area contributed by atoms with E-state index in [0.717, 1.165) is 50.8 Å². The number of aromatic nitrogens is 2. The Morgan fingerprint density at radius 1 is 0.962 bits per heavy atom. The average Bonchev–Trinajstić information content (AvgIpc) is 3.15. The van der Waals surface area contributed by atoms with Gasteiger partial charge in [-0.15, -0.1) is 0 Å². The molecule has 4 aliphatic heterocycles. The second-order valence-electron chi connectivity index (χ2n) is 15.3. The molecule has 14 heteroatoms. The molecule has 1 unspecified atom stereocenters. The number of hydrogen-bond donors (Lipinski definition) is 2. The van der Waals surface area contributed by atoms with Gasteiger partial charge in [0.15, 0.2) is 0 Å². The summed E-state index contributed by atoms with van der Waals surface area (Å²) < 4.78 is 16.9. The summed E-state index contributed by atoms with van der Waals surface area (Å²) in [6.45, 7) is 6.01. The van der Waals surface area contributed by atoms with E-state index in [2.05, 4.69) is 39.8 Å². The zero-order valence-electron chi connectivity index (χ0n) is 30.3. The van der Waals surface area contributed by atoms with E-state index < -0.39 is 29.3 Å². The standard InChI is InChI=1S/C39H45ClFN7O5/c1-23-28(29-19-32(49)36(51)44-35(29)50)8-9-31(34(23)41)47-14-10-39(11-15-47)12-16-48(17-13-39)37(52)25-6-4-24(5-7-25)26-18-27(22-45(2)21-26)43-30-20-42-46(3)38(53)33(30)40/h4-9,20,26-27,29,43H,10-19,21-22H2,1-3H3,(H,44,50,51)/t26-,27+,29?/m0/s1. The number of ketones is 1. The van der Waals surface area contributed by atoms with E-state index in [1.165, 1.54) is 4.68 Å². The van der Waals surface area contributed by atoms with Crippen LogP contribution in [0, 0.1) is 18.2 Å². The molecule has 0 saturated carbocycles. The summed E-state index contributed by atoms with van der Waals surface area (Å²) >= 11 is 6.31. The molecule has 0 bridgehead atoms. The van der Waals surface area contributed by atoms with Gasteiger partial charge in [0.2, 0.25) is 11.7 Å². The first-order valence-electron chi connectivity index (χ1n) is 18.3. The highest BCUT2D eigenvalue weighted by Crippen LogP contribution is 2.43. The predicted molar refractivity (Wildman–Crippen MR) is 199 cm³/mol. The minimum absolute atomic E-state index is 0.0345. The number of amides is 3. The van der Waals surface area contributed by atoms with E-state index in [1.54, 1.807) is 32.3 Å². The summed E-state index contributed by atoms with van der Waals surface area (Å²) in [5.74, 6) is -3.19. The molecule has 1 aromatic heterocycles. The molecular weight excluding hydrogens is 701 g/mol. The van der Waals surface area contributed by atoms with Gasteiger partial charge in [0, 0.05) is 64.3 Å². The fourth-order valence-corrected chi connectivity index (χ4v) is 8.91. The van der Waals surface area contributed by atoms with E-state index >= 15 is 4.39 Å². The van der Waals surface area contributed by atoms with E-state index in [1.807, 2.05) is 21.9 Å². The van der Waals surface area contributed by atoms with Crippen LogP contribution in [-0.2, 0) is 21.4 Å². The van der Waals surface area contributed by atoms with Crippen LogP contribution in [0.1, 0.15) is 77.4 Å². The van der Waals surface area contributed by atoms with Crippen molar-refractivity contribution in [1.29, 1.82) is 0 Å². The molecule has 3 amide bonds. The molecule has 3 aromatic rings. The Labute approximate surface area is 312 Å². The highest BCUT2D eigenvalue weighted by atomic mass is 35.5. The normalized spacial score (nSPS) is 23.6. The molecule has 2 N–H and O–H groups in total. The van der Waals surface area contributed by atoms with E-state index in [-0.39, 0.29) is 40.3 Å². The van der Waals surface area contributed by atoms with Crippen LogP contribution in [-0.4, -0.2) is 95.4 Å². The van der Waals surface area contributed by atoms with Crippen molar-refractivity contribution in [3.63, 3.8) is 0 Å². The summed E-state index contributed by atoms with van der Waals surface area (Å²) in [5, 5.41) is 9.73. The van der Waals surface area contributed by atoms with Crippen LogP contribution in [0.3, 0.4) is 0 Å². The topological polar surface area (TPSA) is 137 Å². The largest absolute Gasteiger partial charge is 0.378 e. The summed E-state index contributed by atoms with van der Waals surface area (Å²) in [4.78, 5) is 68.1. The zero-order chi connectivity index (χ0) is 37.6. The van der Waals surface area contributed by atoms with E-state index in [4.69, 9.17) is 11.6 Å². The van der Waals surface area contributed by atoms with Gasteiger partial charge in [-0.25, -0.2) is 9.07 Å². The third-order valence-corrected chi connectivity index (χ3v) is 12.3. The highest BCUT2D eigenvalue weighted by molar-refractivity contribution is 6.41. The van der Waals surface area contributed by atoms with Gasteiger partial charge < -0.3 is 20.0 Å². The first-order chi connectivity index (χ1) is 25.3. The summed E-state index contributed by atoms with van der Waals surface area (Å²) in [7, 11) is 3.64. The monoisotopic (exact) mass is 745 g/mol. The van der Waals surface area contributed by atoms with Crippen molar-refractivity contribution in [3.8, 4) is 0 Å². The number of nitrogens with one attached hydrogen (secondary N) is 2. The van der Waals surface area contributed by atoms with Gasteiger partial charge in [0.05, 0.1) is 23.5 Å². The predicted octanol–water partition coefficient (Wildman–Crippen LogP) is 4.00. The quantitative estimate of drug-likeness (QED) is 0.284. The maximum absolute atomic E-state index is 15.7. The number of carbonyl (C=O) groups is 4. The molecule has 12 nitrogen and oxygen atoms in total. The Hall–Kier alpha value is -4.62. The van der Waals surface area contributed by atoms with Crippen molar-refractivity contribution in [1.82, 2.24) is 24.9 Å². The first kappa shape index (κ1) is 36.7. The van der Waals surface area contributed by atoms with Crippen LogP contribution in [0.25, 0.3) is 0 Å². The van der Waals surface area contributed by atoms with Gasteiger partial charge >= 0.3 is 0 Å². The lowest BCUT2D eigenvalue weighted by Crippen LogP contribution is -2.48. The van der Waals surface area contributed by atoms with Gasteiger partial charge in [-0.2, -0.15) is 5.10 Å². The van der Waals surface area contributed by atoms with Crippen LogP contribution in [0.2, 0.25) is 5.02 Å². The average molecular weight is 746 g/mol. The lowest BCUT2D eigenvalue weighted by molar-refractivity contribution is -0.145. The number of carbonyl (C=O) groups excluding carboxylic acids is 4. The molecule has 0 aliphatic carbocycles. The minimum atomic E-state index is -0.912. The van der Waals surface area contributed by atoms with Crippen molar-refractivity contribution in [2.75, 3.05) is 56.5 Å². The molecule has 5 heterocycles. The lowest BCUT2D eigenvalue weighted by atomic mass is 9.71. The molecule has 280 valence electrons. The van der Waals surface area contributed by atoms with Crippen molar-refractivity contribution >= 4 is 46.5 Å². The molecule has 1 spiro atoms. The molecule has 4 fully saturated rings. The zero-order valence-corrected chi connectivity index (χ0v) is 31.0. The number of halogens is 2. The summed E-state index contributed by atoms with van der Waals surface area (Å²) in [6, 6.07) is 11.4. The number of anilines is 2. The third kappa shape index (κ3) is 7.33. The second-order valence-corrected chi connectivity index (χ2v) is 15.7. The summed E-state index contributed by atoms with van der Waals surface area (Å²) in [6.07, 6.45) is 5.74. The number of aryl methyl sites for hydroxylation is 1. The number of benzene rings is 2. The molecule has 0 radical (unpaired) electrons. The third-order valence-electron chi connectivity index (χ3n) is 12.0. The van der Waals surface area contributed by atoms with Crippen molar-refractivity contribution in [2.24, 2.45) is 12.5 Å². The molecule has 3 atom stereocenters. The number of likely N-dealkylation sites (tertiary alicyclic amines) is 2. The first-order valence-corrected chi connectivity index (χ1v) is 18.7. The fraction of sp³-hybridized carbons (Fsp3) is 0.487. The summed E-state index contributed by atoms with van der Waals surface area (Å²) in [5.41, 5.74) is 3.34. The Balaban J connectivity index is 0.925. The van der Waals surface area contributed by atoms with Gasteiger partial charge in [0.25, 0.3) is 17.4 Å². The number of hydrogen-bond acceptors (Lipinski definition) is 9. The number of likely N-dealkylation sites (N-methyl/N-ethyl adjacent to an activating group) is 1. The van der Waals surface area contributed by atoms with Crippen molar-refractivity contribution in [2.45, 2.75) is 63.3 Å². The van der Waals surface area contributed by atoms with Crippen LogP contribution < -0.4 is 21.1 Å². The number of imide groups is 1. The Morgan fingerprint density at radius 2 is 1.64 bits per heavy atom. The maximum Gasteiger partial charge on any atom is 0.293 e.